The number of carbonyl (C=O) groups is 4. The van der Waals surface area contributed by atoms with Gasteiger partial charge in [0.2, 0.25) is 11.8 Å². The Hall–Kier alpha value is -3.88. The molecular formula is C33H42N4O5. The maximum absolute atomic E-state index is 13.7. The van der Waals surface area contributed by atoms with Gasteiger partial charge in [-0.25, -0.2) is 0 Å². The molecule has 2 atom stereocenters. The molecular weight excluding hydrogens is 532 g/mol. The van der Waals surface area contributed by atoms with Crippen LogP contribution in [0.4, 0.5) is 5.69 Å². The molecule has 0 unspecified atom stereocenters. The number of imide groups is 1. The highest BCUT2D eigenvalue weighted by atomic mass is 16.5. The summed E-state index contributed by atoms with van der Waals surface area (Å²) in [5.74, 6) is 0.0483. The first-order valence-corrected chi connectivity index (χ1v) is 15.3. The van der Waals surface area contributed by atoms with Gasteiger partial charge >= 0.3 is 0 Å². The Morgan fingerprint density at radius 3 is 2.43 bits per heavy atom. The van der Waals surface area contributed by atoms with Crippen LogP contribution in [0.2, 0.25) is 0 Å². The van der Waals surface area contributed by atoms with E-state index in [0.29, 0.717) is 56.8 Å². The van der Waals surface area contributed by atoms with Crippen LogP contribution in [0, 0.1) is 11.8 Å². The lowest BCUT2D eigenvalue weighted by Crippen LogP contribution is -2.50. The van der Waals surface area contributed by atoms with Crippen molar-refractivity contribution in [2.75, 3.05) is 57.8 Å². The SMILES string of the molecule is CCN(CC)C(=O)[C@@H]1CCCN(C(=O)[C@@H]2CCCN(c3cccc4c3C(=O)N(CCc3cccc(OC)c3)C4=O)C2)C1. The van der Waals surface area contributed by atoms with Crippen LogP contribution in [0.5, 0.6) is 5.75 Å². The van der Waals surface area contributed by atoms with Gasteiger partial charge in [0.1, 0.15) is 5.75 Å². The van der Waals surface area contributed by atoms with Crippen molar-refractivity contribution < 1.29 is 23.9 Å². The second kappa shape index (κ2) is 13.0. The van der Waals surface area contributed by atoms with Gasteiger partial charge in [-0.05, 0) is 75.8 Å². The predicted octanol–water partition coefficient (Wildman–Crippen LogP) is 3.86. The van der Waals surface area contributed by atoms with Gasteiger partial charge in [0.25, 0.3) is 11.8 Å². The normalized spacial score (nSPS) is 20.5. The van der Waals surface area contributed by atoms with Crippen LogP contribution >= 0.6 is 0 Å². The number of hydrogen-bond donors (Lipinski definition) is 0. The molecule has 0 aliphatic carbocycles. The average molecular weight is 575 g/mol. The van der Waals surface area contributed by atoms with E-state index in [-0.39, 0.29) is 42.0 Å². The van der Waals surface area contributed by atoms with E-state index in [4.69, 9.17) is 4.74 Å². The number of hydrogen-bond acceptors (Lipinski definition) is 6. The molecule has 3 heterocycles. The van der Waals surface area contributed by atoms with Crippen molar-refractivity contribution in [1.82, 2.24) is 14.7 Å². The lowest BCUT2D eigenvalue weighted by atomic mass is 9.91. The minimum absolute atomic E-state index is 0.0895. The van der Waals surface area contributed by atoms with Crippen molar-refractivity contribution in [3.8, 4) is 5.75 Å². The second-order valence-electron chi connectivity index (χ2n) is 11.5. The van der Waals surface area contributed by atoms with Crippen LogP contribution in [-0.2, 0) is 16.0 Å². The molecule has 0 aromatic heterocycles. The molecule has 224 valence electrons. The molecule has 0 bridgehead atoms. The number of amides is 4. The monoisotopic (exact) mass is 574 g/mol. The summed E-state index contributed by atoms with van der Waals surface area (Å²) >= 11 is 0. The van der Waals surface area contributed by atoms with Crippen molar-refractivity contribution in [2.24, 2.45) is 11.8 Å². The Kier molecular flexibility index (Phi) is 9.14. The number of piperidine rings is 2. The fourth-order valence-electron chi connectivity index (χ4n) is 6.68. The maximum Gasteiger partial charge on any atom is 0.263 e. The zero-order chi connectivity index (χ0) is 29.8. The number of anilines is 1. The molecule has 4 amide bonds. The molecule has 5 rings (SSSR count). The van der Waals surface area contributed by atoms with Crippen LogP contribution in [-0.4, -0.2) is 91.3 Å². The van der Waals surface area contributed by atoms with E-state index in [0.717, 1.165) is 42.7 Å². The first-order valence-electron chi connectivity index (χ1n) is 15.3. The summed E-state index contributed by atoms with van der Waals surface area (Å²) in [5.41, 5.74) is 2.57. The Bertz CT molecular complexity index is 1340. The van der Waals surface area contributed by atoms with E-state index in [1.165, 1.54) is 4.90 Å². The number of fused-ring (bicyclic) bond motifs is 1. The van der Waals surface area contributed by atoms with Gasteiger partial charge in [-0.15, -0.1) is 0 Å². The van der Waals surface area contributed by atoms with Gasteiger partial charge in [0, 0.05) is 45.8 Å². The molecule has 0 saturated carbocycles. The third-order valence-corrected chi connectivity index (χ3v) is 9.00. The first-order chi connectivity index (χ1) is 20.4. The highest BCUT2D eigenvalue weighted by molar-refractivity contribution is 6.23. The van der Waals surface area contributed by atoms with Crippen LogP contribution < -0.4 is 9.64 Å². The molecule has 2 aromatic rings. The molecule has 2 fully saturated rings. The smallest absolute Gasteiger partial charge is 0.263 e. The zero-order valence-corrected chi connectivity index (χ0v) is 25.0. The van der Waals surface area contributed by atoms with E-state index in [1.54, 1.807) is 13.2 Å². The fourth-order valence-corrected chi connectivity index (χ4v) is 6.68. The van der Waals surface area contributed by atoms with E-state index < -0.39 is 0 Å². The average Bonchev–Trinajstić information content (AvgIpc) is 3.28. The summed E-state index contributed by atoms with van der Waals surface area (Å²) in [5, 5.41) is 0. The molecule has 42 heavy (non-hydrogen) atoms. The molecule has 2 aromatic carbocycles. The standard InChI is InChI=1S/C33H42N4O5/c1-4-34(5-2)30(38)25-12-9-18-36(22-25)31(39)24-11-8-17-35(21-24)28-15-7-14-27-29(28)33(41)37(32(27)40)19-16-23-10-6-13-26(20-23)42-3/h6-7,10,13-15,20,24-25H,4-5,8-9,11-12,16-19,21-22H2,1-3H3/t24-,25-/m1/s1. The minimum atomic E-state index is -0.282. The fraction of sp³-hybridized carbons (Fsp3) is 0.515. The molecule has 0 spiro atoms. The third-order valence-electron chi connectivity index (χ3n) is 9.00. The topological polar surface area (TPSA) is 90.5 Å². The van der Waals surface area contributed by atoms with Crippen LogP contribution in [0.3, 0.4) is 0 Å². The largest absolute Gasteiger partial charge is 0.497 e. The van der Waals surface area contributed by atoms with Crippen molar-refractivity contribution in [3.05, 3.63) is 59.2 Å². The number of likely N-dealkylation sites (tertiary alicyclic amines) is 1. The summed E-state index contributed by atoms with van der Waals surface area (Å²) in [6.07, 6.45) is 3.77. The lowest BCUT2D eigenvalue weighted by molar-refractivity contribution is -0.142. The van der Waals surface area contributed by atoms with Crippen molar-refractivity contribution >= 4 is 29.3 Å². The summed E-state index contributed by atoms with van der Waals surface area (Å²) in [6.45, 7) is 7.97. The Morgan fingerprint density at radius 2 is 1.67 bits per heavy atom. The predicted molar refractivity (Wildman–Crippen MR) is 161 cm³/mol. The number of methoxy groups -OCH3 is 1. The Morgan fingerprint density at radius 1 is 0.929 bits per heavy atom. The van der Waals surface area contributed by atoms with E-state index in [2.05, 4.69) is 4.90 Å². The molecule has 9 heteroatoms. The number of ether oxygens (including phenoxy) is 1. The number of nitrogens with zero attached hydrogens (tertiary/aromatic N) is 4. The Balaban J connectivity index is 1.27. The highest BCUT2D eigenvalue weighted by Crippen LogP contribution is 2.35. The molecule has 3 aliphatic heterocycles. The second-order valence-corrected chi connectivity index (χ2v) is 11.5. The van der Waals surface area contributed by atoms with Crippen LogP contribution in [0.25, 0.3) is 0 Å². The lowest BCUT2D eigenvalue weighted by Gasteiger charge is -2.39. The zero-order valence-electron chi connectivity index (χ0n) is 25.0. The van der Waals surface area contributed by atoms with Gasteiger partial charge in [-0.1, -0.05) is 18.2 Å². The van der Waals surface area contributed by atoms with Gasteiger partial charge in [-0.3, -0.25) is 24.1 Å². The van der Waals surface area contributed by atoms with E-state index >= 15 is 0 Å². The number of carbonyl (C=O) groups excluding carboxylic acids is 4. The summed E-state index contributed by atoms with van der Waals surface area (Å²) in [7, 11) is 1.61. The maximum atomic E-state index is 13.7. The quantitative estimate of drug-likeness (QED) is 0.423. The third kappa shape index (κ3) is 5.87. The van der Waals surface area contributed by atoms with Crippen LogP contribution in [0.15, 0.2) is 42.5 Å². The van der Waals surface area contributed by atoms with Gasteiger partial charge in [-0.2, -0.15) is 0 Å². The number of rotatable bonds is 9. The summed E-state index contributed by atoms with van der Waals surface area (Å²) in [6, 6.07) is 13.1. The first kappa shape index (κ1) is 29.6. The molecule has 0 radical (unpaired) electrons. The van der Waals surface area contributed by atoms with Crippen molar-refractivity contribution in [3.63, 3.8) is 0 Å². The van der Waals surface area contributed by atoms with Crippen LogP contribution in [0.1, 0.15) is 65.8 Å². The minimum Gasteiger partial charge on any atom is -0.497 e. The molecule has 3 aliphatic rings. The van der Waals surface area contributed by atoms with Gasteiger partial charge in [0.05, 0.1) is 35.8 Å². The highest BCUT2D eigenvalue weighted by Gasteiger charge is 2.40. The molecule has 2 saturated heterocycles. The molecule has 9 nitrogen and oxygen atoms in total. The van der Waals surface area contributed by atoms with Gasteiger partial charge < -0.3 is 19.4 Å². The van der Waals surface area contributed by atoms with E-state index in [9.17, 15) is 19.2 Å². The number of benzene rings is 2. The molecule has 0 N–H and O–H groups in total. The van der Waals surface area contributed by atoms with E-state index in [1.807, 2.05) is 60.0 Å². The summed E-state index contributed by atoms with van der Waals surface area (Å²) < 4.78 is 5.30. The Labute approximate surface area is 248 Å². The van der Waals surface area contributed by atoms with Crippen molar-refractivity contribution in [1.29, 1.82) is 0 Å². The van der Waals surface area contributed by atoms with Gasteiger partial charge in [0.15, 0.2) is 0 Å². The summed E-state index contributed by atoms with van der Waals surface area (Å²) in [4.78, 5) is 60.8. The van der Waals surface area contributed by atoms with Crippen molar-refractivity contribution in [2.45, 2.75) is 46.0 Å².